The molecule has 0 fully saturated rings. The van der Waals surface area contributed by atoms with Crippen molar-refractivity contribution in [3.8, 4) is 0 Å². The molecule has 1 atom stereocenters. The van der Waals surface area contributed by atoms with Gasteiger partial charge in [0.25, 0.3) is 5.56 Å². The van der Waals surface area contributed by atoms with Gasteiger partial charge in [-0.15, -0.1) is 13.2 Å². The quantitative estimate of drug-likeness (QED) is 0.709. The zero-order chi connectivity index (χ0) is 16.7. The van der Waals surface area contributed by atoms with Crippen molar-refractivity contribution in [3.63, 3.8) is 0 Å². The first kappa shape index (κ1) is 18.5. The number of hydrogen-bond acceptors (Lipinski definition) is 4. The van der Waals surface area contributed by atoms with E-state index in [0.29, 0.717) is 18.2 Å². The van der Waals surface area contributed by atoms with Crippen LogP contribution in [0.2, 0.25) is 5.02 Å². The summed E-state index contributed by atoms with van der Waals surface area (Å²) in [6, 6.07) is 0.260. The summed E-state index contributed by atoms with van der Waals surface area (Å²) in [7, 11) is 1.57. The molecule has 5 nitrogen and oxygen atoms in total. The zero-order valence-electron chi connectivity index (χ0n) is 13.6. The third-order valence-electron chi connectivity index (χ3n) is 3.55. The van der Waals surface area contributed by atoms with Crippen molar-refractivity contribution in [1.29, 1.82) is 0 Å². The number of anilines is 1. The van der Waals surface area contributed by atoms with Crippen LogP contribution in [0.5, 0.6) is 0 Å². The lowest BCUT2D eigenvalue weighted by Crippen LogP contribution is -2.44. The smallest absolute Gasteiger partial charge is 0.287 e. The van der Waals surface area contributed by atoms with E-state index in [4.69, 9.17) is 11.6 Å². The van der Waals surface area contributed by atoms with Crippen LogP contribution in [0, 0.1) is 5.92 Å². The molecule has 22 heavy (non-hydrogen) atoms. The number of nitrogens with one attached hydrogen (secondary N) is 1. The van der Waals surface area contributed by atoms with Crippen LogP contribution in [0.1, 0.15) is 13.8 Å². The Balaban J connectivity index is 2.88. The molecule has 0 unspecified atom stereocenters. The van der Waals surface area contributed by atoms with Gasteiger partial charge in [-0.25, -0.2) is 4.68 Å². The largest absolute Gasteiger partial charge is 0.381 e. The topological polar surface area (TPSA) is 50.2 Å². The van der Waals surface area contributed by atoms with Gasteiger partial charge in [0, 0.05) is 32.7 Å². The van der Waals surface area contributed by atoms with Crippen molar-refractivity contribution in [3.05, 3.63) is 46.9 Å². The van der Waals surface area contributed by atoms with E-state index >= 15 is 0 Å². The number of aryl methyl sites for hydroxylation is 1. The van der Waals surface area contributed by atoms with E-state index in [1.807, 2.05) is 12.2 Å². The fourth-order valence-electron chi connectivity index (χ4n) is 2.31. The van der Waals surface area contributed by atoms with E-state index in [1.165, 1.54) is 4.68 Å². The van der Waals surface area contributed by atoms with Crippen LogP contribution in [0.3, 0.4) is 0 Å². The first-order valence-electron chi connectivity index (χ1n) is 7.33. The standard InChI is InChI=1S/C16H25ClN4O/c1-6-8-21(9-7-2)14(12(3)4)11-18-13-10-19-20(5)16(22)15(13)17/h6-7,10,12,14,18H,1-2,8-9,11H2,3-5H3/t14-/m0/s1. The Morgan fingerprint density at radius 1 is 1.41 bits per heavy atom. The van der Waals surface area contributed by atoms with Crippen LogP contribution < -0.4 is 10.9 Å². The number of nitrogens with zero attached hydrogens (tertiary/aromatic N) is 3. The maximum atomic E-state index is 11.8. The highest BCUT2D eigenvalue weighted by molar-refractivity contribution is 6.32. The van der Waals surface area contributed by atoms with Crippen LogP contribution in [0.4, 0.5) is 5.69 Å². The molecule has 0 amide bonds. The summed E-state index contributed by atoms with van der Waals surface area (Å²) in [5.74, 6) is 0.422. The van der Waals surface area contributed by atoms with Gasteiger partial charge < -0.3 is 5.32 Å². The summed E-state index contributed by atoms with van der Waals surface area (Å²) in [5.41, 5.74) is 0.259. The minimum Gasteiger partial charge on any atom is -0.381 e. The van der Waals surface area contributed by atoms with Crippen LogP contribution in [0.25, 0.3) is 0 Å². The lowest BCUT2D eigenvalue weighted by atomic mass is 10.0. The van der Waals surface area contributed by atoms with Gasteiger partial charge in [0.2, 0.25) is 0 Å². The third-order valence-corrected chi connectivity index (χ3v) is 3.91. The molecular formula is C16H25ClN4O. The Kier molecular flexibility index (Phi) is 7.35. The Labute approximate surface area is 137 Å². The lowest BCUT2D eigenvalue weighted by molar-refractivity contribution is 0.199. The van der Waals surface area contributed by atoms with Crippen LogP contribution in [0.15, 0.2) is 36.3 Å². The zero-order valence-corrected chi connectivity index (χ0v) is 14.3. The van der Waals surface area contributed by atoms with Crippen LogP contribution >= 0.6 is 11.6 Å². The number of halogens is 1. The molecule has 122 valence electrons. The monoisotopic (exact) mass is 324 g/mol. The van der Waals surface area contributed by atoms with Gasteiger partial charge in [0.05, 0.1) is 11.9 Å². The minimum absolute atomic E-state index is 0.166. The van der Waals surface area contributed by atoms with Crippen LogP contribution in [-0.2, 0) is 7.05 Å². The summed E-state index contributed by atoms with van der Waals surface area (Å²) < 4.78 is 1.22. The Morgan fingerprint density at radius 3 is 2.50 bits per heavy atom. The predicted octanol–water partition coefficient (Wildman–Crippen LogP) is 2.54. The maximum Gasteiger partial charge on any atom is 0.287 e. The second-order valence-electron chi connectivity index (χ2n) is 5.52. The Bertz CT molecular complexity index is 558. The molecule has 6 heteroatoms. The average Bonchev–Trinajstić information content (AvgIpc) is 2.47. The van der Waals surface area contributed by atoms with Crippen molar-refractivity contribution in [2.45, 2.75) is 19.9 Å². The van der Waals surface area contributed by atoms with Crippen molar-refractivity contribution in [1.82, 2.24) is 14.7 Å². The molecular weight excluding hydrogens is 300 g/mol. The molecule has 0 spiro atoms. The highest BCUT2D eigenvalue weighted by Gasteiger charge is 2.20. The summed E-state index contributed by atoms with van der Waals surface area (Å²) in [4.78, 5) is 14.1. The molecule has 0 aromatic carbocycles. The van der Waals surface area contributed by atoms with Gasteiger partial charge in [-0.1, -0.05) is 37.6 Å². The van der Waals surface area contributed by atoms with E-state index in [9.17, 15) is 4.79 Å². The van der Waals surface area contributed by atoms with Crippen molar-refractivity contribution in [2.24, 2.45) is 13.0 Å². The van der Waals surface area contributed by atoms with Crippen molar-refractivity contribution < 1.29 is 0 Å². The predicted molar refractivity (Wildman–Crippen MR) is 93.6 cm³/mol. The highest BCUT2D eigenvalue weighted by atomic mass is 35.5. The first-order valence-corrected chi connectivity index (χ1v) is 7.71. The summed E-state index contributed by atoms with van der Waals surface area (Å²) in [6.07, 6.45) is 5.34. The SMILES string of the molecule is C=CCN(CC=C)[C@@H](CNc1cnn(C)c(=O)c1Cl)C(C)C. The molecule has 1 N–H and O–H groups in total. The van der Waals surface area contributed by atoms with E-state index < -0.39 is 0 Å². The second kappa shape index (κ2) is 8.76. The first-order chi connectivity index (χ1) is 10.4. The molecule has 0 aliphatic carbocycles. The van der Waals surface area contributed by atoms with Gasteiger partial charge in [-0.05, 0) is 5.92 Å². The second-order valence-corrected chi connectivity index (χ2v) is 5.90. The number of rotatable bonds is 9. The van der Waals surface area contributed by atoms with E-state index in [-0.39, 0.29) is 16.6 Å². The summed E-state index contributed by atoms with van der Waals surface area (Å²) in [5, 5.41) is 7.40. The van der Waals surface area contributed by atoms with Crippen LogP contribution in [-0.4, -0.2) is 40.4 Å². The average molecular weight is 325 g/mol. The van der Waals surface area contributed by atoms with E-state index in [2.05, 4.69) is 42.3 Å². The number of hydrogen-bond donors (Lipinski definition) is 1. The Morgan fingerprint density at radius 2 is 2.00 bits per heavy atom. The van der Waals surface area contributed by atoms with Gasteiger partial charge in [0.15, 0.2) is 0 Å². The molecule has 1 aromatic rings. The van der Waals surface area contributed by atoms with Crippen molar-refractivity contribution in [2.75, 3.05) is 25.0 Å². The molecule has 0 radical (unpaired) electrons. The lowest BCUT2D eigenvalue weighted by Gasteiger charge is -2.33. The van der Waals surface area contributed by atoms with Gasteiger partial charge in [-0.3, -0.25) is 9.69 Å². The molecule has 0 saturated heterocycles. The molecule has 0 aliphatic heterocycles. The van der Waals surface area contributed by atoms with E-state index in [0.717, 1.165) is 13.1 Å². The van der Waals surface area contributed by atoms with Gasteiger partial charge in [-0.2, -0.15) is 5.10 Å². The normalized spacial score (nSPS) is 12.5. The maximum absolute atomic E-state index is 11.8. The summed E-state index contributed by atoms with van der Waals surface area (Å²) in [6.45, 7) is 14.2. The van der Waals surface area contributed by atoms with Gasteiger partial charge in [0.1, 0.15) is 5.02 Å². The molecule has 1 heterocycles. The third kappa shape index (κ3) is 4.71. The minimum atomic E-state index is -0.304. The number of aromatic nitrogens is 2. The highest BCUT2D eigenvalue weighted by Crippen LogP contribution is 2.17. The summed E-state index contributed by atoms with van der Waals surface area (Å²) >= 11 is 6.08. The molecule has 0 bridgehead atoms. The Hall–Kier alpha value is -1.59. The molecule has 1 rings (SSSR count). The fourth-order valence-corrected chi connectivity index (χ4v) is 2.55. The van der Waals surface area contributed by atoms with Gasteiger partial charge >= 0.3 is 0 Å². The van der Waals surface area contributed by atoms with Crippen molar-refractivity contribution >= 4 is 17.3 Å². The fraction of sp³-hybridized carbons (Fsp3) is 0.500. The molecule has 0 aliphatic rings. The molecule has 0 saturated carbocycles. The van der Waals surface area contributed by atoms with E-state index in [1.54, 1.807) is 13.2 Å². The molecule has 1 aromatic heterocycles.